The van der Waals surface area contributed by atoms with E-state index in [-0.39, 0.29) is 30.1 Å². The lowest BCUT2D eigenvalue weighted by atomic mass is 9.93. The van der Waals surface area contributed by atoms with Gasteiger partial charge in [0.15, 0.2) is 17.4 Å². The van der Waals surface area contributed by atoms with E-state index in [9.17, 15) is 15.2 Å². The highest BCUT2D eigenvalue weighted by molar-refractivity contribution is 7.52. The lowest BCUT2D eigenvalue weighted by Gasteiger charge is -2.28. The number of nitrogens with zero attached hydrogens (tertiary/aromatic N) is 7. The number of anilines is 1. The number of rotatable bonds is 11. The van der Waals surface area contributed by atoms with Crippen molar-refractivity contribution in [2.45, 2.75) is 82.4 Å². The summed E-state index contributed by atoms with van der Waals surface area (Å²) in [7, 11) is -3.92. The van der Waals surface area contributed by atoms with E-state index in [0.717, 1.165) is 38.5 Å². The third-order valence-corrected chi connectivity index (χ3v) is 9.15. The number of fused-ring (bicyclic) bond motifs is 1. The number of imidazole rings is 1. The predicted octanol–water partition coefficient (Wildman–Crippen LogP) is 4.65. The second-order valence-electron chi connectivity index (χ2n) is 10.5. The molecule has 1 aromatic carbocycles. The van der Waals surface area contributed by atoms with Crippen LogP contribution in [0.2, 0.25) is 0 Å². The number of aliphatic hydroxyl groups is 1. The molecule has 42 heavy (non-hydrogen) atoms. The topological polar surface area (TPSA) is 205 Å². The van der Waals surface area contributed by atoms with Crippen LogP contribution >= 0.6 is 7.75 Å². The average Bonchev–Trinajstić information content (AvgIpc) is 3.35. The fraction of sp³-hybridized carbons (Fsp3) is 0.577. The molecule has 5 rings (SSSR count). The van der Waals surface area contributed by atoms with Crippen LogP contribution in [0.15, 0.2) is 41.8 Å². The molecule has 16 heteroatoms. The van der Waals surface area contributed by atoms with Gasteiger partial charge in [-0.15, -0.1) is 0 Å². The first kappa shape index (κ1) is 30.0. The van der Waals surface area contributed by atoms with Crippen LogP contribution in [-0.4, -0.2) is 61.6 Å². The minimum Gasteiger partial charge on any atom is -0.476 e. The van der Waals surface area contributed by atoms with Crippen molar-refractivity contribution in [2.75, 3.05) is 18.9 Å². The summed E-state index contributed by atoms with van der Waals surface area (Å²) in [5.74, 6) is 0.505. The first-order chi connectivity index (χ1) is 20.3. The van der Waals surface area contributed by atoms with Crippen molar-refractivity contribution in [3.05, 3.63) is 47.1 Å². The van der Waals surface area contributed by atoms with Crippen LogP contribution in [0.3, 0.4) is 0 Å². The number of ether oxygens (including phenoxy) is 2. The van der Waals surface area contributed by atoms with Crippen molar-refractivity contribution in [2.24, 2.45) is 5.11 Å². The van der Waals surface area contributed by atoms with Crippen LogP contribution in [0.4, 0.5) is 5.95 Å². The molecule has 0 spiro atoms. The van der Waals surface area contributed by atoms with Crippen molar-refractivity contribution in [1.82, 2.24) is 24.6 Å². The summed E-state index contributed by atoms with van der Waals surface area (Å²) in [6.07, 6.45) is 3.88. The molecule has 3 heterocycles. The molecular weight excluding hydrogens is 565 g/mol. The second-order valence-corrected chi connectivity index (χ2v) is 12.2. The van der Waals surface area contributed by atoms with E-state index >= 15 is 0 Å². The Morgan fingerprint density at radius 1 is 1.26 bits per heavy atom. The monoisotopic (exact) mass is 601 g/mol. The van der Waals surface area contributed by atoms with Gasteiger partial charge in [0, 0.05) is 11.0 Å². The molecule has 2 aromatic heterocycles. The second kappa shape index (κ2) is 12.8. The Bertz CT molecular complexity index is 1460. The Balaban J connectivity index is 1.41. The van der Waals surface area contributed by atoms with Gasteiger partial charge in [-0.1, -0.05) is 49.0 Å². The summed E-state index contributed by atoms with van der Waals surface area (Å²) in [6, 6.07) is 8.69. The highest BCUT2D eigenvalue weighted by Crippen LogP contribution is 2.48. The molecule has 0 radical (unpaired) electrons. The molecule has 5 atom stereocenters. The van der Waals surface area contributed by atoms with Gasteiger partial charge < -0.3 is 24.8 Å². The summed E-state index contributed by atoms with van der Waals surface area (Å²) in [4.78, 5) is 15.7. The number of para-hydroxylation sites is 1. The molecule has 1 aliphatic heterocycles. The van der Waals surface area contributed by atoms with Gasteiger partial charge in [0.05, 0.1) is 25.6 Å². The van der Waals surface area contributed by atoms with E-state index in [4.69, 9.17) is 24.3 Å². The number of benzene rings is 1. The van der Waals surface area contributed by atoms with Crippen molar-refractivity contribution in [1.29, 1.82) is 0 Å². The van der Waals surface area contributed by atoms with Gasteiger partial charge >= 0.3 is 7.75 Å². The lowest BCUT2D eigenvalue weighted by molar-refractivity contribution is -0.0424. The Morgan fingerprint density at radius 2 is 2.00 bits per heavy atom. The number of aliphatic hydroxyl groups excluding tert-OH is 1. The van der Waals surface area contributed by atoms with Gasteiger partial charge in [-0.2, -0.15) is 9.97 Å². The maximum absolute atomic E-state index is 14.1. The van der Waals surface area contributed by atoms with E-state index in [1.165, 1.54) is 10.9 Å². The largest absolute Gasteiger partial charge is 0.476 e. The van der Waals surface area contributed by atoms with Gasteiger partial charge in [0.1, 0.15) is 17.4 Å². The van der Waals surface area contributed by atoms with Gasteiger partial charge in [-0.25, -0.2) is 14.6 Å². The number of hydrogen-bond acceptors (Lipinski definition) is 11. The van der Waals surface area contributed by atoms with Crippen LogP contribution in [0, 0.1) is 0 Å². The van der Waals surface area contributed by atoms with Crippen molar-refractivity contribution in [3.8, 4) is 11.6 Å². The quantitative estimate of drug-likeness (QED) is 0.0906. The Kier molecular flexibility index (Phi) is 9.16. The normalized spacial score (nSPS) is 26.3. The molecule has 15 nitrogen and oxygen atoms in total. The molecule has 4 N–H and O–H groups in total. The molecule has 0 bridgehead atoms. The smallest absolute Gasteiger partial charge is 0.459 e. The number of nitrogens with one attached hydrogen (secondary N) is 1. The fourth-order valence-electron chi connectivity index (χ4n) is 5.41. The first-order valence-corrected chi connectivity index (χ1v) is 15.6. The zero-order valence-electron chi connectivity index (χ0n) is 23.6. The number of azide groups is 1. The minimum atomic E-state index is -3.92. The highest BCUT2D eigenvalue weighted by Gasteiger charge is 2.55. The lowest BCUT2D eigenvalue weighted by Crippen LogP contribution is -2.43. The zero-order chi connectivity index (χ0) is 29.7. The molecule has 1 unspecified atom stereocenters. The summed E-state index contributed by atoms with van der Waals surface area (Å²) >= 11 is 0. The SMILES string of the molecule is CCOc1nc(N)nc2c1ncn2[C@@H]1O[C@H](COP(=O)(NC2CCCCCC2)Oc2ccccc2)[C@@H](O)[C@@]1(C)N=[N+]=[N-]. The first-order valence-electron chi connectivity index (χ1n) is 14.1. The predicted molar refractivity (Wildman–Crippen MR) is 154 cm³/mol. The van der Waals surface area contributed by atoms with Crippen LogP contribution in [0.5, 0.6) is 11.6 Å². The summed E-state index contributed by atoms with van der Waals surface area (Å²) < 4.78 is 39.2. The number of hydrogen-bond donors (Lipinski definition) is 3. The Hall–Kier alpha value is -3.45. The van der Waals surface area contributed by atoms with Crippen LogP contribution in [0.1, 0.15) is 58.6 Å². The van der Waals surface area contributed by atoms with Gasteiger partial charge in [0.2, 0.25) is 11.8 Å². The number of aromatic nitrogens is 4. The molecule has 1 aliphatic carbocycles. The van der Waals surface area contributed by atoms with Crippen LogP contribution in [-0.2, 0) is 13.8 Å². The summed E-state index contributed by atoms with van der Waals surface area (Å²) in [6.45, 7) is 3.34. The minimum absolute atomic E-state index is 0.0554. The Morgan fingerprint density at radius 3 is 2.69 bits per heavy atom. The van der Waals surface area contributed by atoms with E-state index < -0.39 is 31.7 Å². The average molecular weight is 602 g/mol. The van der Waals surface area contributed by atoms with E-state index in [1.54, 1.807) is 38.1 Å². The highest BCUT2D eigenvalue weighted by atomic mass is 31.2. The van der Waals surface area contributed by atoms with Crippen molar-refractivity contribution in [3.63, 3.8) is 0 Å². The van der Waals surface area contributed by atoms with Gasteiger partial charge in [-0.3, -0.25) is 9.09 Å². The van der Waals surface area contributed by atoms with Crippen LogP contribution in [0.25, 0.3) is 21.6 Å². The third-order valence-electron chi connectivity index (χ3n) is 7.53. The molecular formula is C26H36N9O6P. The molecule has 2 fully saturated rings. The summed E-state index contributed by atoms with van der Waals surface area (Å²) in [5.41, 5.74) is 14.4. The molecule has 226 valence electrons. The Labute approximate surface area is 243 Å². The molecule has 2 aliphatic rings. The molecule has 1 saturated heterocycles. The third kappa shape index (κ3) is 6.31. The van der Waals surface area contributed by atoms with Crippen molar-refractivity contribution >= 4 is 24.9 Å². The van der Waals surface area contributed by atoms with E-state index in [2.05, 4.69) is 30.1 Å². The van der Waals surface area contributed by atoms with Gasteiger partial charge in [0.25, 0.3) is 0 Å². The van der Waals surface area contributed by atoms with E-state index in [1.807, 2.05) is 6.07 Å². The fourth-order valence-corrected chi connectivity index (χ4v) is 7.04. The summed E-state index contributed by atoms with van der Waals surface area (Å²) in [5, 5.41) is 18.4. The number of nitrogens with two attached hydrogens (primary N) is 1. The van der Waals surface area contributed by atoms with Crippen molar-refractivity contribution < 1.29 is 28.2 Å². The van der Waals surface area contributed by atoms with Gasteiger partial charge in [-0.05, 0) is 44.4 Å². The maximum atomic E-state index is 14.1. The molecule has 1 saturated carbocycles. The molecule has 0 amide bonds. The standard InChI is InChI=1S/C26H36N9O6P/c1-3-38-23-20-22(30-25(27)31-23)35(16-29-20)24-26(2,33-34-28)21(36)19(40-24)15-39-42(37,41-18-13-9-6-10-14-18)32-17-11-7-4-5-8-12-17/h6,9-10,13-14,16-17,19,21,24,36H,3-5,7-8,11-12,15H2,1-2H3,(H,32,37)(H2,27,30,31)/t19-,21-,24-,26-,42?/m1/s1. The number of nitrogen functional groups attached to an aromatic ring is 1. The maximum Gasteiger partial charge on any atom is 0.459 e. The van der Waals surface area contributed by atoms with E-state index in [0.29, 0.717) is 17.9 Å². The zero-order valence-corrected chi connectivity index (χ0v) is 24.5. The van der Waals surface area contributed by atoms with Crippen LogP contribution < -0.4 is 20.1 Å². The molecule has 3 aromatic rings.